The van der Waals surface area contributed by atoms with E-state index in [-0.39, 0.29) is 5.91 Å². The van der Waals surface area contributed by atoms with Crippen molar-refractivity contribution < 1.29 is 4.79 Å². The third kappa shape index (κ3) is 2.98. The van der Waals surface area contributed by atoms with E-state index in [2.05, 4.69) is 15.6 Å². The molecule has 0 saturated heterocycles. The molecule has 0 saturated carbocycles. The van der Waals surface area contributed by atoms with Gasteiger partial charge in [-0.05, 0) is 0 Å². The van der Waals surface area contributed by atoms with Crippen molar-refractivity contribution in [1.82, 2.24) is 15.6 Å². The highest BCUT2D eigenvalue weighted by Gasteiger charge is 1.97. The Kier molecular flexibility index (Phi) is 3.69. The average molecular weight is 185 g/mol. The first-order chi connectivity index (χ1) is 5.83. The van der Waals surface area contributed by atoms with Gasteiger partial charge in [-0.2, -0.15) is 0 Å². The fourth-order valence-electron chi connectivity index (χ4n) is 0.717. The van der Waals surface area contributed by atoms with Crippen LogP contribution in [0.15, 0.2) is 11.7 Å². The van der Waals surface area contributed by atoms with E-state index >= 15 is 0 Å². The summed E-state index contributed by atoms with van der Waals surface area (Å²) in [7, 11) is 1.62. The minimum atomic E-state index is -0.000449. The lowest BCUT2D eigenvalue weighted by Crippen LogP contribution is -2.30. The highest BCUT2D eigenvalue weighted by atomic mass is 32.1. The zero-order valence-electron chi connectivity index (χ0n) is 6.83. The molecular weight excluding hydrogens is 174 g/mol. The molecule has 0 aromatic carbocycles. The minimum Gasteiger partial charge on any atom is -0.358 e. The van der Waals surface area contributed by atoms with Crippen molar-refractivity contribution >= 4 is 17.2 Å². The number of carbonyl (C=O) groups excluding carboxylic acids is 1. The van der Waals surface area contributed by atoms with Gasteiger partial charge >= 0.3 is 0 Å². The normalized spacial score (nSPS) is 9.75. The number of nitrogens with zero attached hydrogens (tertiary/aromatic N) is 1. The predicted molar refractivity (Wildman–Crippen MR) is 47.9 cm³/mol. The molecule has 5 heteroatoms. The maximum absolute atomic E-state index is 10.8. The van der Waals surface area contributed by atoms with Gasteiger partial charge in [-0.1, -0.05) is 0 Å². The summed E-state index contributed by atoms with van der Waals surface area (Å²) < 4.78 is 0. The molecule has 2 N–H and O–H groups in total. The Labute approximate surface area is 75.0 Å². The van der Waals surface area contributed by atoms with Crippen LogP contribution in [-0.2, 0) is 11.3 Å². The standard InChI is InChI=1S/C7H11N3OS/c1-8-7(11)4-9-2-6-3-10-5-12-6/h3,5,9H,2,4H2,1H3,(H,8,11). The molecule has 0 radical (unpaired) electrons. The van der Waals surface area contributed by atoms with Crippen LogP contribution in [0.25, 0.3) is 0 Å². The Morgan fingerprint density at radius 1 is 1.75 bits per heavy atom. The first-order valence-electron chi connectivity index (χ1n) is 3.61. The van der Waals surface area contributed by atoms with Gasteiger partial charge in [0.2, 0.25) is 5.91 Å². The van der Waals surface area contributed by atoms with Crippen molar-refractivity contribution in [1.29, 1.82) is 0 Å². The van der Waals surface area contributed by atoms with E-state index in [0.29, 0.717) is 13.1 Å². The molecule has 0 bridgehead atoms. The van der Waals surface area contributed by atoms with Crippen LogP contribution in [0.5, 0.6) is 0 Å². The van der Waals surface area contributed by atoms with E-state index in [9.17, 15) is 4.79 Å². The Morgan fingerprint density at radius 3 is 3.17 bits per heavy atom. The van der Waals surface area contributed by atoms with Crippen molar-refractivity contribution in [2.75, 3.05) is 13.6 Å². The number of nitrogens with one attached hydrogen (secondary N) is 2. The van der Waals surface area contributed by atoms with Crippen molar-refractivity contribution in [3.63, 3.8) is 0 Å². The zero-order chi connectivity index (χ0) is 8.81. The van der Waals surface area contributed by atoms with Gasteiger partial charge in [0.1, 0.15) is 0 Å². The molecule has 0 unspecified atom stereocenters. The quantitative estimate of drug-likeness (QED) is 0.693. The van der Waals surface area contributed by atoms with Crippen molar-refractivity contribution in [2.24, 2.45) is 0 Å². The van der Waals surface area contributed by atoms with Gasteiger partial charge in [-0.15, -0.1) is 11.3 Å². The smallest absolute Gasteiger partial charge is 0.233 e. The van der Waals surface area contributed by atoms with Gasteiger partial charge in [-0.25, -0.2) is 0 Å². The monoisotopic (exact) mass is 185 g/mol. The second kappa shape index (κ2) is 4.84. The van der Waals surface area contributed by atoms with Gasteiger partial charge < -0.3 is 10.6 Å². The molecule has 1 aromatic heterocycles. The van der Waals surface area contributed by atoms with E-state index < -0.39 is 0 Å². The number of hydrogen-bond donors (Lipinski definition) is 2. The molecule has 0 aliphatic carbocycles. The predicted octanol–water partition coefficient (Wildman–Crippen LogP) is -0.0213. The highest BCUT2D eigenvalue weighted by molar-refractivity contribution is 7.09. The van der Waals surface area contributed by atoms with Gasteiger partial charge in [-0.3, -0.25) is 9.78 Å². The van der Waals surface area contributed by atoms with Gasteiger partial charge in [0.15, 0.2) is 0 Å². The third-order valence-electron chi connectivity index (χ3n) is 1.35. The van der Waals surface area contributed by atoms with Crippen LogP contribution >= 0.6 is 11.3 Å². The highest BCUT2D eigenvalue weighted by Crippen LogP contribution is 2.03. The van der Waals surface area contributed by atoms with Gasteiger partial charge in [0, 0.05) is 24.7 Å². The van der Waals surface area contributed by atoms with Crippen LogP contribution in [0.4, 0.5) is 0 Å². The Balaban J connectivity index is 2.15. The Bertz CT molecular complexity index is 235. The number of carbonyl (C=O) groups is 1. The maximum atomic E-state index is 10.8. The summed E-state index contributed by atoms with van der Waals surface area (Å²) in [5.74, 6) is -0.000449. The van der Waals surface area contributed by atoms with Crippen molar-refractivity contribution in [2.45, 2.75) is 6.54 Å². The lowest BCUT2D eigenvalue weighted by Gasteiger charge is -2.00. The summed E-state index contributed by atoms with van der Waals surface area (Å²) >= 11 is 1.58. The number of rotatable bonds is 4. The second-order valence-corrected chi connectivity index (χ2v) is 3.22. The molecule has 0 spiro atoms. The summed E-state index contributed by atoms with van der Waals surface area (Å²) in [5.41, 5.74) is 1.77. The van der Waals surface area contributed by atoms with Crippen LogP contribution in [0.2, 0.25) is 0 Å². The summed E-state index contributed by atoms with van der Waals surface area (Å²) in [4.78, 5) is 15.8. The first kappa shape index (κ1) is 9.15. The van der Waals surface area contributed by atoms with Crippen molar-refractivity contribution in [3.8, 4) is 0 Å². The summed E-state index contributed by atoms with van der Waals surface area (Å²) in [6, 6.07) is 0. The zero-order valence-corrected chi connectivity index (χ0v) is 7.65. The fraction of sp³-hybridized carbons (Fsp3) is 0.429. The third-order valence-corrected chi connectivity index (χ3v) is 2.13. The Hall–Kier alpha value is -0.940. The molecule has 0 aliphatic heterocycles. The minimum absolute atomic E-state index is 0.000449. The molecule has 0 atom stereocenters. The van der Waals surface area contributed by atoms with E-state index in [4.69, 9.17) is 0 Å². The largest absolute Gasteiger partial charge is 0.358 e. The fourth-order valence-corrected chi connectivity index (χ4v) is 1.28. The number of hydrogen-bond acceptors (Lipinski definition) is 4. The first-order valence-corrected chi connectivity index (χ1v) is 4.49. The maximum Gasteiger partial charge on any atom is 0.233 e. The molecule has 1 aromatic rings. The number of amides is 1. The molecule has 66 valence electrons. The average Bonchev–Trinajstić information content (AvgIpc) is 2.57. The topological polar surface area (TPSA) is 54.0 Å². The van der Waals surface area contributed by atoms with Crippen LogP contribution < -0.4 is 10.6 Å². The number of thiazole rings is 1. The van der Waals surface area contributed by atoms with E-state index in [1.807, 2.05) is 0 Å². The van der Waals surface area contributed by atoms with Crippen molar-refractivity contribution in [3.05, 3.63) is 16.6 Å². The molecular formula is C7H11N3OS. The number of likely N-dealkylation sites (N-methyl/N-ethyl adjacent to an activating group) is 1. The molecule has 1 amide bonds. The summed E-state index contributed by atoms with van der Waals surface area (Å²) in [6.45, 7) is 1.06. The molecule has 12 heavy (non-hydrogen) atoms. The molecule has 1 rings (SSSR count). The molecule has 0 fully saturated rings. The molecule has 1 heterocycles. The molecule has 4 nitrogen and oxygen atoms in total. The summed E-state index contributed by atoms with van der Waals surface area (Å²) in [6.07, 6.45) is 1.79. The van der Waals surface area contributed by atoms with Gasteiger partial charge in [0.05, 0.1) is 12.1 Å². The Morgan fingerprint density at radius 2 is 2.58 bits per heavy atom. The lowest BCUT2D eigenvalue weighted by molar-refractivity contribution is -0.119. The SMILES string of the molecule is CNC(=O)CNCc1cncs1. The summed E-state index contributed by atoms with van der Waals surface area (Å²) in [5, 5.41) is 5.53. The van der Waals surface area contributed by atoms with Gasteiger partial charge in [0.25, 0.3) is 0 Å². The second-order valence-electron chi connectivity index (χ2n) is 2.24. The number of aromatic nitrogens is 1. The van der Waals surface area contributed by atoms with E-state index in [1.165, 1.54) is 0 Å². The lowest BCUT2D eigenvalue weighted by atomic mass is 10.5. The van der Waals surface area contributed by atoms with E-state index in [0.717, 1.165) is 4.88 Å². The van der Waals surface area contributed by atoms with Crippen LogP contribution in [0, 0.1) is 0 Å². The van der Waals surface area contributed by atoms with Crippen LogP contribution in [0.3, 0.4) is 0 Å². The van der Waals surface area contributed by atoms with Crippen LogP contribution in [-0.4, -0.2) is 24.5 Å². The van der Waals surface area contributed by atoms with E-state index in [1.54, 1.807) is 30.1 Å². The van der Waals surface area contributed by atoms with Crippen LogP contribution in [0.1, 0.15) is 4.88 Å². The molecule has 0 aliphatic rings.